The molecule has 1 aromatic rings. The van der Waals surface area contributed by atoms with Crippen molar-refractivity contribution in [1.29, 1.82) is 0 Å². The van der Waals surface area contributed by atoms with E-state index in [1.807, 2.05) is 25.1 Å². The number of benzene rings is 1. The second-order valence-electron chi connectivity index (χ2n) is 4.35. The highest BCUT2D eigenvalue weighted by molar-refractivity contribution is 5.45. The number of aliphatic hydroxyl groups is 1. The lowest BCUT2D eigenvalue weighted by atomic mass is 10.1. The molecule has 0 spiro atoms. The molecule has 1 aromatic carbocycles. The molecule has 2 rings (SSSR count). The first-order chi connectivity index (χ1) is 7.67. The predicted octanol–water partition coefficient (Wildman–Crippen LogP) is 2.19. The van der Waals surface area contributed by atoms with Crippen LogP contribution in [0, 0.1) is 5.92 Å². The first-order valence-corrected chi connectivity index (χ1v) is 5.57. The highest BCUT2D eigenvalue weighted by Crippen LogP contribution is 2.52. The molecule has 0 radical (unpaired) electrons. The quantitative estimate of drug-likeness (QED) is 0.848. The van der Waals surface area contributed by atoms with E-state index in [0.29, 0.717) is 11.8 Å². The first kappa shape index (κ1) is 11.3. The van der Waals surface area contributed by atoms with Gasteiger partial charge >= 0.3 is 0 Å². The largest absolute Gasteiger partial charge is 0.497 e. The van der Waals surface area contributed by atoms with E-state index >= 15 is 0 Å². The molecule has 1 fully saturated rings. The third-order valence-corrected chi connectivity index (χ3v) is 3.30. The van der Waals surface area contributed by atoms with Crippen molar-refractivity contribution in [2.24, 2.45) is 5.92 Å². The van der Waals surface area contributed by atoms with Crippen LogP contribution in [0.25, 0.3) is 0 Å². The van der Waals surface area contributed by atoms with E-state index in [9.17, 15) is 5.11 Å². The monoisotopic (exact) mass is 222 g/mol. The standard InChI is InChI=1S/C13H18O3/c1-8(14)10-7-11(10)12-6-9(15-2)4-5-13(12)16-3/h4-6,8,10-11,14H,7H2,1-3H3/t8-,10+,11+/m0/s1. The van der Waals surface area contributed by atoms with E-state index in [1.165, 1.54) is 0 Å². The van der Waals surface area contributed by atoms with Crippen molar-refractivity contribution in [3.8, 4) is 11.5 Å². The van der Waals surface area contributed by atoms with Crippen molar-refractivity contribution < 1.29 is 14.6 Å². The van der Waals surface area contributed by atoms with Crippen LogP contribution in [0.3, 0.4) is 0 Å². The van der Waals surface area contributed by atoms with Gasteiger partial charge in [-0.3, -0.25) is 0 Å². The fourth-order valence-electron chi connectivity index (χ4n) is 2.23. The summed E-state index contributed by atoms with van der Waals surface area (Å²) in [6.07, 6.45) is 0.780. The maximum Gasteiger partial charge on any atom is 0.122 e. The van der Waals surface area contributed by atoms with E-state index in [2.05, 4.69) is 0 Å². The van der Waals surface area contributed by atoms with Crippen molar-refractivity contribution in [3.63, 3.8) is 0 Å². The summed E-state index contributed by atoms with van der Waals surface area (Å²) < 4.78 is 10.5. The average molecular weight is 222 g/mol. The Morgan fingerprint density at radius 1 is 1.31 bits per heavy atom. The molecular formula is C13H18O3. The predicted molar refractivity (Wildman–Crippen MR) is 62.1 cm³/mol. The van der Waals surface area contributed by atoms with E-state index in [4.69, 9.17) is 9.47 Å². The zero-order valence-corrected chi connectivity index (χ0v) is 9.93. The molecule has 0 bridgehead atoms. The van der Waals surface area contributed by atoms with Gasteiger partial charge in [0.1, 0.15) is 11.5 Å². The number of ether oxygens (including phenoxy) is 2. The molecule has 0 heterocycles. The number of hydrogen-bond donors (Lipinski definition) is 1. The summed E-state index contributed by atoms with van der Waals surface area (Å²) in [5.41, 5.74) is 1.15. The van der Waals surface area contributed by atoms with Gasteiger partial charge in [0.2, 0.25) is 0 Å². The Morgan fingerprint density at radius 3 is 2.56 bits per heavy atom. The van der Waals surface area contributed by atoms with Crippen molar-refractivity contribution in [1.82, 2.24) is 0 Å². The lowest BCUT2D eigenvalue weighted by molar-refractivity contribution is 0.168. The molecule has 88 valence electrons. The van der Waals surface area contributed by atoms with Gasteiger partial charge < -0.3 is 14.6 Å². The van der Waals surface area contributed by atoms with Gasteiger partial charge in [-0.05, 0) is 43.4 Å². The van der Waals surface area contributed by atoms with Crippen LogP contribution in [-0.4, -0.2) is 25.4 Å². The van der Waals surface area contributed by atoms with Gasteiger partial charge in [-0.2, -0.15) is 0 Å². The normalized spacial score (nSPS) is 25.0. The topological polar surface area (TPSA) is 38.7 Å². The third-order valence-electron chi connectivity index (χ3n) is 3.30. The summed E-state index contributed by atoms with van der Waals surface area (Å²) in [5.74, 6) is 2.49. The molecule has 0 aromatic heterocycles. The molecule has 1 saturated carbocycles. The Morgan fingerprint density at radius 2 is 2.06 bits per heavy atom. The van der Waals surface area contributed by atoms with Gasteiger partial charge in [0.25, 0.3) is 0 Å². The summed E-state index contributed by atoms with van der Waals surface area (Å²) >= 11 is 0. The summed E-state index contributed by atoms with van der Waals surface area (Å²) in [5, 5.41) is 9.54. The summed E-state index contributed by atoms with van der Waals surface area (Å²) in [7, 11) is 3.33. The summed E-state index contributed by atoms with van der Waals surface area (Å²) in [6.45, 7) is 1.84. The molecule has 1 N–H and O–H groups in total. The molecule has 3 heteroatoms. The molecule has 1 aliphatic rings. The van der Waals surface area contributed by atoms with Crippen LogP contribution >= 0.6 is 0 Å². The maximum atomic E-state index is 9.54. The zero-order valence-electron chi connectivity index (χ0n) is 9.93. The van der Waals surface area contributed by atoms with E-state index < -0.39 is 0 Å². The lowest BCUT2D eigenvalue weighted by Gasteiger charge is -2.11. The van der Waals surface area contributed by atoms with E-state index in [0.717, 1.165) is 23.5 Å². The number of methoxy groups -OCH3 is 2. The third kappa shape index (κ3) is 2.00. The summed E-state index contributed by atoms with van der Waals surface area (Å²) in [4.78, 5) is 0. The Hall–Kier alpha value is -1.22. The van der Waals surface area contributed by atoms with Gasteiger partial charge in [-0.1, -0.05) is 0 Å². The van der Waals surface area contributed by atoms with Crippen LogP contribution in [0.2, 0.25) is 0 Å². The number of rotatable bonds is 4. The molecule has 3 atom stereocenters. The second kappa shape index (κ2) is 4.34. The second-order valence-corrected chi connectivity index (χ2v) is 4.35. The maximum absolute atomic E-state index is 9.54. The van der Waals surface area contributed by atoms with Gasteiger partial charge in [-0.25, -0.2) is 0 Å². The van der Waals surface area contributed by atoms with Gasteiger partial charge in [0, 0.05) is 5.56 Å². The average Bonchev–Trinajstić information content (AvgIpc) is 3.08. The first-order valence-electron chi connectivity index (χ1n) is 5.57. The summed E-state index contributed by atoms with van der Waals surface area (Å²) in [6, 6.07) is 5.82. The number of hydrogen-bond acceptors (Lipinski definition) is 3. The number of aliphatic hydroxyl groups excluding tert-OH is 1. The van der Waals surface area contributed by atoms with Gasteiger partial charge in [0.05, 0.1) is 20.3 Å². The highest BCUT2D eigenvalue weighted by atomic mass is 16.5. The van der Waals surface area contributed by atoms with Crippen molar-refractivity contribution in [3.05, 3.63) is 23.8 Å². The zero-order chi connectivity index (χ0) is 11.7. The Labute approximate surface area is 96.0 Å². The highest BCUT2D eigenvalue weighted by Gasteiger charge is 2.43. The van der Waals surface area contributed by atoms with Gasteiger partial charge in [0.15, 0.2) is 0 Å². The van der Waals surface area contributed by atoms with Crippen molar-refractivity contribution >= 4 is 0 Å². The molecule has 3 nitrogen and oxygen atoms in total. The van der Waals surface area contributed by atoms with Crippen LogP contribution in [-0.2, 0) is 0 Å². The smallest absolute Gasteiger partial charge is 0.122 e. The molecule has 0 aliphatic heterocycles. The molecule has 1 aliphatic carbocycles. The lowest BCUT2D eigenvalue weighted by Crippen LogP contribution is -2.04. The molecule has 0 amide bonds. The van der Waals surface area contributed by atoms with Crippen LogP contribution in [0.15, 0.2) is 18.2 Å². The fourth-order valence-corrected chi connectivity index (χ4v) is 2.23. The Bertz CT molecular complexity index is 373. The minimum atomic E-state index is -0.249. The van der Waals surface area contributed by atoms with Crippen molar-refractivity contribution in [2.75, 3.05) is 14.2 Å². The fraction of sp³-hybridized carbons (Fsp3) is 0.538. The molecule has 16 heavy (non-hydrogen) atoms. The minimum absolute atomic E-state index is 0.249. The van der Waals surface area contributed by atoms with E-state index in [-0.39, 0.29) is 6.10 Å². The molecular weight excluding hydrogens is 204 g/mol. The van der Waals surface area contributed by atoms with Crippen LogP contribution < -0.4 is 9.47 Å². The van der Waals surface area contributed by atoms with Crippen LogP contribution in [0.4, 0.5) is 0 Å². The SMILES string of the molecule is COc1ccc(OC)c([C@@H]2C[C@@H]2[C@H](C)O)c1. The van der Waals surface area contributed by atoms with Crippen molar-refractivity contribution in [2.45, 2.75) is 25.4 Å². The van der Waals surface area contributed by atoms with E-state index in [1.54, 1.807) is 14.2 Å². The Kier molecular flexibility index (Phi) is 3.06. The minimum Gasteiger partial charge on any atom is -0.497 e. The molecule has 0 saturated heterocycles. The molecule has 0 unspecified atom stereocenters. The van der Waals surface area contributed by atoms with Crippen LogP contribution in [0.1, 0.15) is 24.8 Å². The van der Waals surface area contributed by atoms with Gasteiger partial charge in [-0.15, -0.1) is 0 Å². The Balaban J connectivity index is 2.25. The van der Waals surface area contributed by atoms with Crippen LogP contribution in [0.5, 0.6) is 11.5 Å².